The minimum Gasteiger partial charge on any atom is -0.495 e. The van der Waals surface area contributed by atoms with Crippen molar-refractivity contribution in [2.24, 2.45) is 0 Å². The highest BCUT2D eigenvalue weighted by molar-refractivity contribution is 4.83. The van der Waals surface area contributed by atoms with Crippen LogP contribution in [-0.4, -0.2) is 12.2 Å². The molecule has 1 aliphatic carbocycles. The van der Waals surface area contributed by atoms with Crippen molar-refractivity contribution in [3.05, 3.63) is 24.7 Å². The Bertz CT molecular complexity index is 197. The number of hydrogen-bond donors (Lipinski definition) is 0. The molecule has 0 aromatic rings. The molecule has 0 radical (unpaired) electrons. The molecule has 1 fully saturated rings. The maximum atomic E-state index is 5.73. The molecule has 0 bridgehead atoms. The van der Waals surface area contributed by atoms with Gasteiger partial charge in [0, 0.05) is 0 Å². The fourth-order valence-electron chi connectivity index (χ4n) is 1.88. The van der Waals surface area contributed by atoms with Gasteiger partial charge in [0.1, 0.15) is 12.2 Å². The van der Waals surface area contributed by atoms with Crippen molar-refractivity contribution in [3.63, 3.8) is 0 Å². The standard InChI is InChI=1S/C14H24O2/c1-3-5-11-15-13-9-7-8-10-14(13)16-12-6-4-2/h5-6,11-14H,3-4,7-10H2,1-2H3. The highest BCUT2D eigenvalue weighted by atomic mass is 16.5. The first kappa shape index (κ1) is 13.1. The van der Waals surface area contributed by atoms with E-state index in [0.717, 1.165) is 25.7 Å². The summed E-state index contributed by atoms with van der Waals surface area (Å²) in [6, 6.07) is 0. The van der Waals surface area contributed by atoms with Crippen LogP contribution in [0.25, 0.3) is 0 Å². The molecule has 0 aromatic heterocycles. The molecule has 92 valence electrons. The molecule has 0 saturated heterocycles. The third kappa shape index (κ3) is 4.73. The van der Waals surface area contributed by atoms with Gasteiger partial charge in [-0.15, -0.1) is 0 Å². The maximum absolute atomic E-state index is 5.73. The second-order valence-electron chi connectivity index (χ2n) is 4.19. The number of rotatable bonds is 6. The monoisotopic (exact) mass is 224 g/mol. The van der Waals surface area contributed by atoms with Gasteiger partial charge in [0.2, 0.25) is 0 Å². The van der Waals surface area contributed by atoms with Gasteiger partial charge < -0.3 is 9.47 Å². The first-order valence-corrected chi connectivity index (χ1v) is 6.49. The lowest BCUT2D eigenvalue weighted by atomic mass is 9.94. The largest absolute Gasteiger partial charge is 0.495 e. The van der Waals surface area contributed by atoms with Crippen molar-refractivity contribution < 1.29 is 9.47 Å². The molecule has 16 heavy (non-hydrogen) atoms. The molecule has 1 saturated carbocycles. The van der Waals surface area contributed by atoms with E-state index in [0.29, 0.717) is 0 Å². The van der Waals surface area contributed by atoms with Gasteiger partial charge >= 0.3 is 0 Å². The second kappa shape index (κ2) is 8.26. The molecule has 1 aliphatic rings. The number of ether oxygens (including phenoxy) is 2. The normalized spacial score (nSPS) is 26.4. The molecule has 0 aromatic carbocycles. The zero-order valence-corrected chi connectivity index (χ0v) is 10.5. The Morgan fingerprint density at radius 2 is 1.31 bits per heavy atom. The van der Waals surface area contributed by atoms with Crippen LogP contribution in [0.3, 0.4) is 0 Å². The van der Waals surface area contributed by atoms with Gasteiger partial charge in [-0.25, -0.2) is 0 Å². The minimum absolute atomic E-state index is 0.234. The summed E-state index contributed by atoms with van der Waals surface area (Å²) < 4.78 is 11.5. The number of allylic oxidation sites excluding steroid dienone is 2. The molecule has 0 aliphatic heterocycles. The average molecular weight is 224 g/mol. The van der Waals surface area contributed by atoms with E-state index in [2.05, 4.69) is 13.8 Å². The highest BCUT2D eigenvalue weighted by Gasteiger charge is 2.26. The molecular formula is C14H24O2. The van der Waals surface area contributed by atoms with Crippen LogP contribution < -0.4 is 0 Å². The SMILES string of the molecule is CCC=COC1CCCCC1OC=CCC. The topological polar surface area (TPSA) is 18.5 Å². The maximum Gasteiger partial charge on any atom is 0.134 e. The Morgan fingerprint density at radius 3 is 1.69 bits per heavy atom. The van der Waals surface area contributed by atoms with Crippen LogP contribution >= 0.6 is 0 Å². The molecule has 2 nitrogen and oxygen atoms in total. The molecule has 0 amide bonds. The summed E-state index contributed by atoms with van der Waals surface area (Å²) in [6.07, 6.45) is 15.0. The van der Waals surface area contributed by atoms with E-state index >= 15 is 0 Å². The zero-order valence-electron chi connectivity index (χ0n) is 10.5. The zero-order chi connectivity index (χ0) is 11.6. The van der Waals surface area contributed by atoms with Gasteiger partial charge in [0.25, 0.3) is 0 Å². The smallest absolute Gasteiger partial charge is 0.134 e. The summed E-state index contributed by atoms with van der Waals surface area (Å²) >= 11 is 0. The van der Waals surface area contributed by atoms with Crippen molar-refractivity contribution in [2.75, 3.05) is 0 Å². The Labute approximate surface area is 99.3 Å². The van der Waals surface area contributed by atoms with E-state index in [1.54, 1.807) is 0 Å². The Morgan fingerprint density at radius 1 is 0.875 bits per heavy atom. The van der Waals surface area contributed by atoms with Crippen molar-refractivity contribution in [1.29, 1.82) is 0 Å². The van der Waals surface area contributed by atoms with Gasteiger partial charge in [-0.1, -0.05) is 26.0 Å². The minimum atomic E-state index is 0.234. The van der Waals surface area contributed by atoms with Gasteiger partial charge in [-0.3, -0.25) is 0 Å². The lowest BCUT2D eigenvalue weighted by Gasteiger charge is -2.30. The van der Waals surface area contributed by atoms with Gasteiger partial charge in [-0.05, 0) is 38.5 Å². The average Bonchev–Trinajstić information content (AvgIpc) is 2.32. The Balaban J connectivity index is 2.37. The quantitative estimate of drug-likeness (QED) is 0.630. The Kier molecular flexibility index (Phi) is 6.78. The predicted octanol–water partition coefficient (Wildman–Crippen LogP) is 4.18. The van der Waals surface area contributed by atoms with E-state index in [4.69, 9.17) is 9.47 Å². The molecule has 2 heteroatoms. The summed E-state index contributed by atoms with van der Waals surface area (Å²) in [4.78, 5) is 0. The molecule has 1 rings (SSSR count). The van der Waals surface area contributed by atoms with Crippen LogP contribution in [0.2, 0.25) is 0 Å². The van der Waals surface area contributed by atoms with Crippen LogP contribution in [0.5, 0.6) is 0 Å². The second-order valence-corrected chi connectivity index (χ2v) is 4.19. The predicted molar refractivity (Wildman–Crippen MR) is 67.1 cm³/mol. The molecule has 0 spiro atoms. The summed E-state index contributed by atoms with van der Waals surface area (Å²) in [5.41, 5.74) is 0. The van der Waals surface area contributed by atoms with E-state index in [-0.39, 0.29) is 12.2 Å². The highest BCUT2D eigenvalue weighted by Crippen LogP contribution is 2.24. The van der Waals surface area contributed by atoms with Crippen LogP contribution in [-0.2, 0) is 9.47 Å². The molecular weight excluding hydrogens is 200 g/mol. The molecule has 0 heterocycles. The van der Waals surface area contributed by atoms with E-state index in [9.17, 15) is 0 Å². The lowest BCUT2D eigenvalue weighted by Crippen LogP contribution is -2.32. The third-order valence-electron chi connectivity index (χ3n) is 2.81. The Hall–Kier alpha value is -0.920. The fourth-order valence-corrected chi connectivity index (χ4v) is 1.88. The third-order valence-corrected chi connectivity index (χ3v) is 2.81. The van der Waals surface area contributed by atoms with E-state index < -0.39 is 0 Å². The summed E-state index contributed by atoms with van der Waals surface area (Å²) in [7, 11) is 0. The molecule has 2 unspecified atom stereocenters. The van der Waals surface area contributed by atoms with Gasteiger partial charge in [0.15, 0.2) is 0 Å². The lowest BCUT2D eigenvalue weighted by molar-refractivity contribution is -0.0262. The summed E-state index contributed by atoms with van der Waals surface area (Å²) in [5.74, 6) is 0. The first-order chi connectivity index (χ1) is 7.88. The van der Waals surface area contributed by atoms with E-state index in [1.807, 2.05) is 24.7 Å². The fraction of sp³-hybridized carbons (Fsp3) is 0.714. The van der Waals surface area contributed by atoms with Crippen LogP contribution in [0.15, 0.2) is 24.7 Å². The number of hydrogen-bond acceptors (Lipinski definition) is 2. The molecule has 2 atom stereocenters. The van der Waals surface area contributed by atoms with Crippen molar-refractivity contribution in [2.45, 2.75) is 64.6 Å². The van der Waals surface area contributed by atoms with Crippen LogP contribution in [0, 0.1) is 0 Å². The first-order valence-electron chi connectivity index (χ1n) is 6.49. The van der Waals surface area contributed by atoms with Crippen molar-refractivity contribution in [1.82, 2.24) is 0 Å². The van der Waals surface area contributed by atoms with Gasteiger partial charge in [0.05, 0.1) is 12.5 Å². The van der Waals surface area contributed by atoms with Crippen LogP contribution in [0.4, 0.5) is 0 Å². The van der Waals surface area contributed by atoms with Crippen molar-refractivity contribution in [3.8, 4) is 0 Å². The molecule has 0 N–H and O–H groups in total. The van der Waals surface area contributed by atoms with Crippen molar-refractivity contribution >= 4 is 0 Å². The van der Waals surface area contributed by atoms with Crippen LogP contribution in [0.1, 0.15) is 52.4 Å². The summed E-state index contributed by atoms with van der Waals surface area (Å²) in [5, 5.41) is 0. The summed E-state index contributed by atoms with van der Waals surface area (Å²) in [6.45, 7) is 4.22. The van der Waals surface area contributed by atoms with E-state index in [1.165, 1.54) is 12.8 Å². The van der Waals surface area contributed by atoms with Gasteiger partial charge in [-0.2, -0.15) is 0 Å².